The van der Waals surface area contributed by atoms with E-state index >= 15 is 0 Å². The molecule has 0 N–H and O–H groups in total. The molecule has 1 heterocycles. The number of carbonyl (C=O) groups is 2. The highest BCUT2D eigenvalue weighted by Gasteiger charge is 2.30. The third-order valence-electron chi connectivity index (χ3n) is 4.03. The van der Waals surface area contributed by atoms with Gasteiger partial charge in [0.25, 0.3) is 5.91 Å². The minimum Gasteiger partial charge on any atom is -0.449 e. The Kier molecular flexibility index (Phi) is 6.00. The van der Waals surface area contributed by atoms with Crippen LogP contribution in [0.2, 0.25) is 0 Å². The van der Waals surface area contributed by atoms with Crippen LogP contribution in [-0.2, 0) is 14.3 Å². The van der Waals surface area contributed by atoms with E-state index in [9.17, 15) is 14.0 Å². The van der Waals surface area contributed by atoms with Gasteiger partial charge in [0.2, 0.25) is 0 Å². The average Bonchev–Trinajstić information content (AvgIpc) is 2.52. The first-order valence-electron chi connectivity index (χ1n) is 8.31. The molecule has 138 valence electrons. The molecule has 2 rings (SSSR count). The van der Waals surface area contributed by atoms with Crippen molar-refractivity contribution in [3.63, 3.8) is 0 Å². The highest BCUT2D eigenvalue weighted by atomic mass is 19.1. The maximum absolute atomic E-state index is 14.0. The number of benzene rings is 1. The largest absolute Gasteiger partial charge is 0.449 e. The predicted molar refractivity (Wildman–Crippen MR) is 92.2 cm³/mol. The first-order valence-corrected chi connectivity index (χ1v) is 8.31. The number of amides is 1. The van der Waals surface area contributed by atoms with E-state index in [4.69, 9.17) is 9.47 Å². The summed E-state index contributed by atoms with van der Waals surface area (Å²) in [4.78, 5) is 27.9. The van der Waals surface area contributed by atoms with Gasteiger partial charge in [0.15, 0.2) is 6.10 Å². The number of anilines is 1. The van der Waals surface area contributed by atoms with E-state index in [2.05, 4.69) is 0 Å². The van der Waals surface area contributed by atoms with Crippen molar-refractivity contribution in [3.05, 3.63) is 29.6 Å². The van der Waals surface area contributed by atoms with Crippen LogP contribution >= 0.6 is 0 Å². The Bertz CT molecular complexity index is 640. The minimum atomic E-state index is -0.943. The van der Waals surface area contributed by atoms with Crippen molar-refractivity contribution in [3.8, 4) is 0 Å². The smallest absolute Gasteiger partial charge is 0.339 e. The van der Waals surface area contributed by atoms with Crippen molar-refractivity contribution < 1.29 is 23.5 Å². The molecule has 0 radical (unpaired) electrons. The van der Waals surface area contributed by atoms with E-state index in [1.807, 2.05) is 13.8 Å². The van der Waals surface area contributed by atoms with Crippen LogP contribution in [0.1, 0.15) is 31.1 Å². The number of hydrogen-bond donors (Lipinski definition) is 0. The van der Waals surface area contributed by atoms with Gasteiger partial charge in [0.05, 0.1) is 23.5 Å². The second-order valence-corrected chi connectivity index (χ2v) is 6.61. The summed E-state index contributed by atoms with van der Waals surface area (Å²) < 4.78 is 24.8. The lowest BCUT2D eigenvalue weighted by Gasteiger charge is -2.36. The van der Waals surface area contributed by atoms with E-state index < -0.39 is 17.9 Å². The van der Waals surface area contributed by atoms with E-state index in [0.717, 1.165) is 6.07 Å². The van der Waals surface area contributed by atoms with Crippen molar-refractivity contribution in [1.29, 1.82) is 0 Å². The predicted octanol–water partition coefficient (Wildman–Crippen LogP) is 2.07. The van der Waals surface area contributed by atoms with E-state index in [-0.39, 0.29) is 23.7 Å². The second kappa shape index (κ2) is 7.82. The average molecular weight is 352 g/mol. The summed E-state index contributed by atoms with van der Waals surface area (Å²) in [6.45, 7) is 6.22. The zero-order valence-electron chi connectivity index (χ0n) is 15.3. The molecular weight excluding hydrogens is 327 g/mol. The molecule has 1 amide bonds. The summed E-state index contributed by atoms with van der Waals surface area (Å²) >= 11 is 0. The zero-order chi connectivity index (χ0) is 18.7. The maximum atomic E-state index is 14.0. The molecule has 3 atom stereocenters. The lowest BCUT2D eigenvalue weighted by molar-refractivity contribution is -0.151. The van der Waals surface area contributed by atoms with Gasteiger partial charge in [-0.3, -0.25) is 4.79 Å². The molecule has 1 fully saturated rings. The van der Waals surface area contributed by atoms with Crippen LogP contribution in [0.3, 0.4) is 0 Å². The number of carbonyl (C=O) groups excluding carboxylic acids is 2. The summed E-state index contributed by atoms with van der Waals surface area (Å²) in [6.07, 6.45) is -1.08. The van der Waals surface area contributed by atoms with Gasteiger partial charge in [0.1, 0.15) is 5.82 Å². The Labute approximate surface area is 147 Å². The Morgan fingerprint density at radius 1 is 1.28 bits per heavy atom. The molecule has 7 heteroatoms. The number of halogens is 1. The van der Waals surface area contributed by atoms with Crippen LogP contribution < -0.4 is 4.90 Å². The lowest BCUT2D eigenvalue weighted by atomic mass is 10.2. The van der Waals surface area contributed by atoms with E-state index in [1.54, 1.807) is 23.9 Å². The molecule has 1 saturated heterocycles. The van der Waals surface area contributed by atoms with Crippen LogP contribution in [0.15, 0.2) is 18.2 Å². The van der Waals surface area contributed by atoms with Gasteiger partial charge >= 0.3 is 5.97 Å². The van der Waals surface area contributed by atoms with Gasteiger partial charge in [0, 0.05) is 27.2 Å². The molecule has 1 aliphatic rings. The van der Waals surface area contributed by atoms with Gasteiger partial charge in [-0.1, -0.05) is 0 Å². The summed E-state index contributed by atoms with van der Waals surface area (Å²) in [7, 11) is 3.42. The summed E-state index contributed by atoms with van der Waals surface area (Å²) in [5.74, 6) is -1.52. The number of morpholine rings is 1. The van der Waals surface area contributed by atoms with Crippen LogP contribution in [0, 0.1) is 5.82 Å². The molecule has 1 aromatic carbocycles. The van der Waals surface area contributed by atoms with Crippen LogP contribution in [0.25, 0.3) is 0 Å². The fraction of sp³-hybridized carbons (Fsp3) is 0.556. The molecular formula is C18H25FN2O4. The second-order valence-electron chi connectivity index (χ2n) is 6.61. The molecule has 6 nitrogen and oxygen atoms in total. The number of nitrogens with zero attached hydrogens (tertiary/aromatic N) is 2. The van der Waals surface area contributed by atoms with Crippen molar-refractivity contribution >= 4 is 17.6 Å². The number of hydrogen-bond acceptors (Lipinski definition) is 5. The Morgan fingerprint density at radius 3 is 2.40 bits per heavy atom. The molecule has 1 aliphatic heterocycles. The highest BCUT2D eigenvalue weighted by molar-refractivity contribution is 5.92. The number of esters is 1. The third kappa shape index (κ3) is 4.69. The van der Waals surface area contributed by atoms with Crippen molar-refractivity contribution in [2.24, 2.45) is 0 Å². The van der Waals surface area contributed by atoms with Crippen molar-refractivity contribution in [1.82, 2.24) is 4.90 Å². The molecule has 0 saturated carbocycles. The monoisotopic (exact) mass is 352 g/mol. The number of ether oxygens (including phenoxy) is 2. The molecule has 1 aromatic rings. The van der Waals surface area contributed by atoms with Crippen LogP contribution in [-0.4, -0.2) is 62.3 Å². The summed E-state index contributed by atoms with van der Waals surface area (Å²) in [5, 5.41) is 0. The maximum Gasteiger partial charge on any atom is 0.339 e. The molecule has 0 aliphatic carbocycles. The first kappa shape index (κ1) is 19.2. The normalized spacial score (nSPS) is 21.6. The molecule has 0 unspecified atom stereocenters. The fourth-order valence-electron chi connectivity index (χ4n) is 2.89. The molecule has 25 heavy (non-hydrogen) atoms. The van der Waals surface area contributed by atoms with Gasteiger partial charge in [-0.05, 0) is 39.0 Å². The summed E-state index contributed by atoms with van der Waals surface area (Å²) in [6, 6.07) is 4.11. The lowest BCUT2D eigenvalue weighted by Crippen LogP contribution is -2.51. The van der Waals surface area contributed by atoms with Crippen LogP contribution in [0.5, 0.6) is 0 Å². The Hall–Kier alpha value is -2.15. The minimum absolute atomic E-state index is 0.0664. The van der Waals surface area contributed by atoms with Gasteiger partial charge in [-0.2, -0.15) is 0 Å². The zero-order valence-corrected chi connectivity index (χ0v) is 15.3. The fourth-order valence-corrected chi connectivity index (χ4v) is 2.89. The first-order chi connectivity index (χ1) is 11.7. The standard InChI is InChI=1S/C18H25FN2O4/c1-11-9-21(10-12(2)24-11)17(22)13(3)25-18(23)14-6-7-16(20(4)5)15(19)8-14/h6-8,11-13H,9-10H2,1-5H3/t11-,12+,13-/m0/s1. The Morgan fingerprint density at radius 2 is 1.88 bits per heavy atom. The van der Waals surface area contributed by atoms with Crippen LogP contribution in [0.4, 0.5) is 10.1 Å². The van der Waals surface area contributed by atoms with Gasteiger partial charge in [-0.25, -0.2) is 9.18 Å². The van der Waals surface area contributed by atoms with Crippen molar-refractivity contribution in [2.45, 2.75) is 39.1 Å². The van der Waals surface area contributed by atoms with Gasteiger partial charge < -0.3 is 19.3 Å². The Balaban J connectivity index is 2.02. The number of rotatable bonds is 4. The van der Waals surface area contributed by atoms with Crippen molar-refractivity contribution in [2.75, 3.05) is 32.1 Å². The summed E-state index contributed by atoms with van der Waals surface area (Å²) in [5.41, 5.74) is 0.448. The molecule has 0 spiro atoms. The van der Waals surface area contributed by atoms with E-state index in [1.165, 1.54) is 19.1 Å². The molecule has 0 aromatic heterocycles. The quantitative estimate of drug-likeness (QED) is 0.777. The third-order valence-corrected chi connectivity index (χ3v) is 4.03. The van der Waals surface area contributed by atoms with Gasteiger partial charge in [-0.15, -0.1) is 0 Å². The molecule has 0 bridgehead atoms. The SMILES string of the molecule is C[C@@H]1CN(C(=O)[C@H](C)OC(=O)c2ccc(N(C)C)c(F)c2)C[C@H](C)O1. The highest BCUT2D eigenvalue weighted by Crippen LogP contribution is 2.19. The van der Waals surface area contributed by atoms with E-state index in [0.29, 0.717) is 18.8 Å². The topological polar surface area (TPSA) is 59.1 Å².